The summed E-state index contributed by atoms with van der Waals surface area (Å²) in [5.74, 6) is 1.49. The van der Waals surface area contributed by atoms with Crippen LogP contribution in [0.1, 0.15) is 18.0 Å². The minimum absolute atomic E-state index is 0.0696. The van der Waals surface area contributed by atoms with E-state index in [4.69, 9.17) is 0 Å². The molecule has 0 spiro atoms. The summed E-state index contributed by atoms with van der Waals surface area (Å²) >= 11 is 1.86. The second-order valence-corrected chi connectivity index (χ2v) is 5.11. The summed E-state index contributed by atoms with van der Waals surface area (Å²) in [5.41, 5.74) is 1.47. The number of nitrogens with zero attached hydrogens (tertiary/aromatic N) is 1. The smallest absolute Gasteiger partial charge is 0.274 e. The van der Waals surface area contributed by atoms with E-state index in [9.17, 15) is 4.79 Å². The van der Waals surface area contributed by atoms with Crippen molar-refractivity contribution < 1.29 is 0 Å². The van der Waals surface area contributed by atoms with E-state index < -0.39 is 0 Å². The Morgan fingerprint density at radius 2 is 2.53 bits per heavy atom. The highest BCUT2D eigenvalue weighted by Gasteiger charge is 2.25. The number of rotatable bonds is 6. The van der Waals surface area contributed by atoms with E-state index in [0.29, 0.717) is 11.6 Å². The molecule has 1 aliphatic rings. The van der Waals surface area contributed by atoms with Crippen molar-refractivity contribution in [1.29, 1.82) is 0 Å². The van der Waals surface area contributed by atoms with Crippen LogP contribution < -0.4 is 16.2 Å². The molecule has 1 aromatic heterocycles. The summed E-state index contributed by atoms with van der Waals surface area (Å²) in [6, 6.07) is 0. The predicted molar refractivity (Wildman–Crippen MR) is 72.0 cm³/mol. The largest absolute Gasteiger partial charge is 0.378 e. The van der Waals surface area contributed by atoms with Crippen molar-refractivity contribution >= 4 is 17.4 Å². The van der Waals surface area contributed by atoms with Gasteiger partial charge in [-0.25, -0.2) is 4.98 Å². The van der Waals surface area contributed by atoms with E-state index in [2.05, 4.69) is 26.9 Å². The van der Waals surface area contributed by atoms with Crippen molar-refractivity contribution in [2.75, 3.05) is 37.0 Å². The van der Waals surface area contributed by atoms with Crippen LogP contribution in [-0.4, -0.2) is 41.6 Å². The van der Waals surface area contributed by atoms with Crippen molar-refractivity contribution in [3.63, 3.8) is 0 Å². The molecule has 0 fully saturated rings. The Kier molecular flexibility index (Phi) is 4.44. The summed E-state index contributed by atoms with van der Waals surface area (Å²) in [5, 5.41) is 6.54. The van der Waals surface area contributed by atoms with Gasteiger partial charge in [0.1, 0.15) is 5.69 Å². The van der Waals surface area contributed by atoms with Gasteiger partial charge in [0.15, 0.2) is 0 Å². The number of nitrogens with one attached hydrogen (secondary N) is 3. The average molecular weight is 254 g/mol. The number of H-pyrrole nitrogens is 1. The first-order chi connectivity index (χ1) is 8.33. The molecule has 1 aromatic rings. The SMILES string of the molecule is CSCCCNCC1CNc2c1nc[nH]c2=O. The van der Waals surface area contributed by atoms with Crippen LogP contribution in [0.15, 0.2) is 11.1 Å². The molecular weight excluding hydrogens is 236 g/mol. The van der Waals surface area contributed by atoms with Gasteiger partial charge in [-0.3, -0.25) is 4.79 Å². The molecule has 1 aliphatic heterocycles. The standard InChI is InChI=1S/C11H18N4OS/c1-17-4-2-3-12-5-8-6-13-10-9(8)14-7-15-11(10)16/h7-8,12-13H,2-6H2,1H3,(H,14,15,16). The fourth-order valence-corrected chi connectivity index (χ4v) is 2.44. The lowest BCUT2D eigenvalue weighted by atomic mass is 10.1. The van der Waals surface area contributed by atoms with Crippen LogP contribution in [0.3, 0.4) is 0 Å². The number of hydrogen-bond donors (Lipinski definition) is 3. The van der Waals surface area contributed by atoms with Crippen molar-refractivity contribution in [3.8, 4) is 0 Å². The highest BCUT2D eigenvalue weighted by atomic mass is 32.2. The van der Waals surface area contributed by atoms with E-state index in [0.717, 1.165) is 25.3 Å². The summed E-state index contributed by atoms with van der Waals surface area (Å²) in [6.45, 7) is 2.70. The third kappa shape index (κ3) is 3.01. The van der Waals surface area contributed by atoms with Gasteiger partial charge in [0.25, 0.3) is 5.56 Å². The highest BCUT2D eigenvalue weighted by Crippen LogP contribution is 2.24. The molecule has 1 atom stereocenters. The lowest BCUT2D eigenvalue weighted by molar-refractivity contribution is 0.601. The number of thioether (sulfide) groups is 1. The molecule has 3 N–H and O–H groups in total. The van der Waals surface area contributed by atoms with Crippen molar-refractivity contribution in [2.24, 2.45) is 0 Å². The second-order valence-electron chi connectivity index (χ2n) is 4.12. The molecule has 0 aromatic carbocycles. The predicted octanol–water partition coefficient (Wildman–Crippen LogP) is 0.622. The fourth-order valence-electron chi connectivity index (χ4n) is 2.00. The Labute approximate surface area is 105 Å². The van der Waals surface area contributed by atoms with Crippen LogP contribution in [0.5, 0.6) is 0 Å². The molecule has 6 heteroatoms. The van der Waals surface area contributed by atoms with Gasteiger partial charge in [-0.2, -0.15) is 11.8 Å². The molecule has 5 nitrogen and oxygen atoms in total. The third-order valence-electron chi connectivity index (χ3n) is 2.89. The maximum atomic E-state index is 11.5. The lowest BCUT2D eigenvalue weighted by Crippen LogP contribution is -2.24. The Morgan fingerprint density at radius 3 is 3.35 bits per heavy atom. The zero-order valence-electron chi connectivity index (χ0n) is 9.95. The Hall–Kier alpha value is -1.01. The normalized spacial score (nSPS) is 17.8. The van der Waals surface area contributed by atoms with E-state index in [1.807, 2.05) is 11.8 Å². The summed E-state index contributed by atoms with van der Waals surface area (Å²) in [4.78, 5) is 18.3. The maximum absolute atomic E-state index is 11.5. The highest BCUT2D eigenvalue weighted by molar-refractivity contribution is 7.98. The molecule has 0 bridgehead atoms. The van der Waals surface area contributed by atoms with Gasteiger partial charge in [-0.05, 0) is 25.0 Å². The van der Waals surface area contributed by atoms with Gasteiger partial charge in [0.05, 0.1) is 12.0 Å². The Bertz CT molecular complexity index is 420. The van der Waals surface area contributed by atoms with E-state index >= 15 is 0 Å². The van der Waals surface area contributed by atoms with Crippen LogP contribution in [0.4, 0.5) is 5.69 Å². The third-order valence-corrected chi connectivity index (χ3v) is 3.58. The first-order valence-corrected chi connectivity index (χ1v) is 7.23. The Balaban J connectivity index is 1.85. The first kappa shape index (κ1) is 12.4. The van der Waals surface area contributed by atoms with Crippen molar-refractivity contribution in [1.82, 2.24) is 15.3 Å². The zero-order chi connectivity index (χ0) is 12.1. The minimum Gasteiger partial charge on any atom is -0.378 e. The number of hydrogen-bond acceptors (Lipinski definition) is 5. The molecule has 0 aliphatic carbocycles. The summed E-state index contributed by atoms with van der Waals surface area (Å²) < 4.78 is 0. The molecule has 0 amide bonds. The van der Waals surface area contributed by atoms with Crippen LogP contribution in [0.25, 0.3) is 0 Å². The van der Waals surface area contributed by atoms with Crippen LogP contribution in [0, 0.1) is 0 Å². The molecule has 0 saturated heterocycles. The molecule has 94 valence electrons. The van der Waals surface area contributed by atoms with Gasteiger partial charge in [0.2, 0.25) is 0 Å². The number of aromatic amines is 1. The monoisotopic (exact) mass is 254 g/mol. The molecule has 17 heavy (non-hydrogen) atoms. The summed E-state index contributed by atoms with van der Waals surface area (Å²) in [7, 11) is 0. The van der Waals surface area contributed by atoms with Gasteiger partial charge < -0.3 is 15.6 Å². The molecule has 1 unspecified atom stereocenters. The van der Waals surface area contributed by atoms with Gasteiger partial charge >= 0.3 is 0 Å². The van der Waals surface area contributed by atoms with Crippen LogP contribution in [-0.2, 0) is 0 Å². The molecular formula is C11H18N4OS. The topological polar surface area (TPSA) is 69.8 Å². The van der Waals surface area contributed by atoms with Gasteiger partial charge in [-0.1, -0.05) is 0 Å². The quantitative estimate of drug-likeness (QED) is 0.649. The van der Waals surface area contributed by atoms with Crippen LogP contribution >= 0.6 is 11.8 Å². The van der Waals surface area contributed by atoms with Gasteiger partial charge in [0, 0.05) is 19.0 Å². The fraction of sp³-hybridized carbons (Fsp3) is 0.636. The van der Waals surface area contributed by atoms with Gasteiger partial charge in [-0.15, -0.1) is 0 Å². The van der Waals surface area contributed by atoms with Crippen molar-refractivity contribution in [2.45, 2.75) is 12.3 Å². The Morgan fingerprint density at radius 1 is 1.65 bits per heavy atom. The lowest BCUT2D eigenvalue weighted by Gasteiger charge is -2.10. The molecule has 2 heterocycles. The van der Waals surface area contributed by atoms with E-state index in [1.54, 1.807) is 0 Å². The molecule has 0 radical (unpaired) electrons. The minimum atomic E-state index is -0.0696. The maximum Gasteiger partial charge on any atom is 0.274 e. The molecule has 2 rings (SSSR count). The zero-order valence-corrected chi connectivity index (χ0v) is 10.8. The number of aromatic nitrogens is 2. The van der Waals surface area contributed by atoms with Crippen LogP contribution in [0.2, 0.25) is 0 Å². The molecule has 0 saturated carbocycles. The van der Waals surface area contributed by atoms with E-state index in [1.165, 1.54) is 18.5 Å². The second kappa shape index (κ2) is 6.07. The average Bonchev–Trinajstić information content (AvgIpc) is 2.74. The number of anilines is 1. The van der Waals surface area contributed by atoms with E-state index in [-0.39, 0.29) is 5.56 Å². The first-order valence-electron chi connectivity index (χ1n) is 5.84. The summed E-state index contributed by atoms with van der Waals surface area (Å²) in [6.07, 6.45) is 4.78. The van der Waals surface area contributed by atoms with Crippen molar-refractivity contribution in [3.05, 3.63) is 22.4 Å². The number of fused-ring (bicyclic) bond motifs is 1.